The molecule has 8 heteroatoms. The highest BCUT2D eigenvalue weighted by molar-refractivity contribution is 9.10. The van der Waals surface area contributed by atoms with Crippen molar-refractivity contribution in [1.29, 1.82) is 0 Å². The summed E-state index contributed by atoms with van der Waals surface area (Å²) in [7, 11) is 0. The standard InChI is InChI=1S/C15H13BrN2O4S/c16-11-5-6-23-13(11)12(19)8-22-14(20)10-3-1-9(2-4-10)7-18-15(17)21/h1-6H,7-8H2,(H3,17,18,21). The van der Waals surface area contributed by atoms with E-state index in [9.17, 15) is 14.4 Å². The Morgan fingerprint density at radius 1 is 1.17 bits per heavy atom. The van der Waals surface area contributed by atoms with E-state index in [0.717, 1.165) is 5.56 Å². The number of urea groups is 1. The first-order chi connectivity index (χ1) is 11.0. The van der Waals surface area contributed by atoms with E-state index in [0.29, 0.717) is 14.9 Å². The number of hydrogen-bond acceptors (Lipinski definition) is 5. The Labute approximate surface area is 144 Å². The average Bonchev–Trinajstić information content (AvgIpc) is 2.97. The fourth-order valence-electron chi connectivity index (χ4n) is 1.72. The maximum atomic E-state index is 11.9. The minimum Gasteiger partial charge on any atom is -0.454 e. The van der Waals surface area contributed by atoms with Crippen LogP contribution < -0.4 is 11.1 Å². The molecule has 0 saturated carbocycles. The Kier molecular flexibility index (Phi) is 5.89. The van der Waals surface area contributed by atoms with Crippen LogP contribution in [0.3, 0.4) is 0 Å². The number of primary amides is 1. The number of ether oxygens (including phenoxy) is 1. The molecule has 0 unspecified atom stereocenters. The third-order valence-electron chi connectivity index (χ3n) is 2.86. The highest BCUT2D eigenvalue weighted by atomic mass is 79.9. The molecule has 2 rings (SSSR count). The summed E-state index contributed by atoms with van der Waals surface area (Å²) in [4.78, 5) is 35.0. The van der Waals surface area contributed by atoms with Crippen LogP contribution in [0.15, 0.2) is 40.2 Å². The summed E-state index contributed by atoms with van der Waals surface area (Å²) in [6.45, 7) is -0.0432. The summed E-state index contributed by atoms with van der Waals surface area (Å²) in [5, 5.41) is 4.22. The van der Waals surface area contributed by atoms with E-state index < -0.39 is 12.0 Å². The third-order valence-corrected chi connectivity index (χ3v) is 4.74. The van der Waals surface area contributed by atoms with Crippen LogP contribution in [0, 0.1) is 0 Å². The topological polar surface area (TPSA) is 98.5 Å². The van der Waals surface area contributed by atoms with E-state index in [1.165, 1.54) is 11.3 Å². The molecule has 0 saturated heterocycles. The van der Waals surface area contributed by atoms with Crippen molar-refractivity contribution in [2.24, 2.45) is 5.73 Å². The average molecular weight is 397 g/mol. The summed E-state index contributed by atoms with van der Waals surface area (Å²) in [6.07, 6.45) is 0. The zero-order valence-electron chi connectivity index (χ0n) is 11.9. The lowest BCUT2D eigenvalue weighted by molar-refractivity contribution is 0.0475. The molecule has 120 valence electrons. The lowest BCUT2D eigenvalue weighted by Gasteiger charge is -2.06. The summed E-state index contributed by atoms with van der Waals surface area (Å²) in [6, 6.07) is 7.61. The van der Waals surface area contributed by atoms with Crippen molar-refractivity contribution >= 4 is 45.1 Å². The third kappa shape index (κ3) is 4.90. The van der Waals surface area contributed by atoms with Crippen LogP contribution in [0.4, 0.5) is 4.79 Å². The van der Waals surface area contributed by atoms with E-state index in [-0.39, 0.29) is 18.9 Å². The Balaban J connectivity index is 1.89. The van der Waals surface area contributed by atoms with Crippen molar-refractivity contribution in [3.8, 4) is 0 Å². The molecule has 0 spiro atoms. The van der Waals surface area contributed by atoms with Crippen molar-refractivity contribution < 1.29 is 19.1 Å². The minimum absolute atomic E-state index is 0.262. The molecule has 0 atom stereocenters. The van der Waals surface area contributed by atoms with Gasteiger partial charge in [0.15, 0.2) is 6.61 Å². The molecule has 3 N–H and O–H groups in total. The number of halogens is 1. The number of amides is 2. The zero-order valence-corrected chi connectivity index (χ0v) is 14.3. The Hall–Kier alpha value is -2.19. The number of thiophene rings is 1. The number of hydrogen-bond donors (Lipinski definition) is 2. The quantitative estimate of drug-likeness (QED) is 0.579. The number of nitrogens with one attached hydrogen (secondary N) is 1. The van der Waals surface area contributed by atoms with E-state index in [4.69, 9.17) is 10.5 Å². The van der Waals surface area contributed by atoms with E-state index in [1.54, 1.807) is 35.7 Å². The summed E-state index contributed by atoms with van der Waals surface area (Å²) in [5.41, 5.74) is 6.09. The number of esters is 1. The second kappa shape index (κ2) is 7.89. The van der Waals surface area contributed by atoms with Gasteiger partial charge in [0.25, 0.3) is 0 Å². The lowest BCUT2D eigenvalue weighted by atomic mass is 10.1. The van der Waals surface area contributed by atoms with Crippen molar-refractivity contribution in [3.05, 3.63) is 56.2 Å². The molecule has 0 aliphatic rings. The first-order valence-corrected chi connectivity index (χ1v) is 8.20. The predicted octanol–water partition coefficient (Wildman–Crippen LogP) is 2.72. The van der Waals surface area contributed by atoms with Gasteiger partial charge >= 0.3 is 12.0 Å². The van der Waals surface area contributed by atoms with E-state index >= 15 is 0 Å². The van der Waals surface area contributed by atoms with Gasteiger partial charge in [-0.15, -0.1) is 11.3 Å². The van der Waals surface area contributed by atoms with Gasteiger partial charge in [-0.3, -0.25) is 4.79 Å². The lowest BCUT2D eigenvalue weighted by Crippen LogP contribution is -2.28. The summed E-state index contributed by atoms with van der Waals surface area (Å²) < 4.78 is 5.70. The normalized spacial score (nSPS) is 10.1. The monoisotopic (exact) mass is 396 g/mol. The van der Waals surface area contributed by atoms with Gasteiger partial charge in [0.1, 0.15) is 0 Å². The van der Waals surface area contributed by atoms with Crippen molar-refractivity contribution in [3.63, 3.8) is 0 Å². The Morgan fingerprint density at radius 2 is 1.87 bits per heavy atom. The van der Waals surface area contributed by atoms with Crippen LogP contribution in [0.5, 0.6) is 0 Å². The second-order valence-electron chi connectivity index (χ2n) is 4.51. The largest absolute Gasteiger partial charge is 0.454 e. The molecule has 2 amide bonds. The minimum atomic E-state index is -0.619. The van der Waals surface area contributed by atoms with Crippen molar-refractivity contribution in [2.75, 3.05) is 6.61 Å². The molecule has 0 aliphatic carbocycles. The summed E-state index contributed by atoms with van der Waals surface area (Å²) in [5.74, 6) is -0.844. The maximum Gasteiger partial charge on any atom is 0.338 e. The molecule has 2 aromatic rings. The smallest absolute Gasteiger partial charge is 0.338 e. The fraction of sp³-hybridized carbons (Fsp3) is 0.133. The van der Waals surface area contributed by atoms with Gasteiger partial charge in [-0.05, 0) is 45.1 Å². The molecule has 6 nitrogen and oxygen atoms in total. The molecule has 23 heavy (non-hydrogen) atoms. The van der Waals surface area contributed by atoms with E-state index in [2.05, 4.69) is 21.2 Å². The molecule has 0 radical (unpaired) electrons. The van der Waals surface area contributed by atoms with E-state index in [1.807, 2.05) is 0 Å². The predicted molar refractivity (Wildman–Crippen MR) is 89.5 cm³/mol. The molecule has 0 aliphatic heterocycles. The number of carbonyl (C=O) groups is 3. The van der Waals surface area contributed by atoms with Crippen molar-refractivity contribution in [1.82, 2.24) is 5.32 Å². The van der Waals surface area contributed by atoms with Gasteiger partial charge in [-0.25, -0.2) is 9.59 Å². The van der Waals surface area contributed by atoms with Gasteiger partial charge in [-0.2, -0.15) is 0 Å². The molecule has 0 fully saturated rings. The van der Waals surface area contributed by atoms with Gasteiger partial charge in [0.2, 0.25) is 5.78 Å². The van der Waals surface area contributed by atoms with Crippen LogP contribution in [0.1, 0.15) is 25.6 Å². The summed E-state index contributed by atoms with van der Waals surface area (Å²) >= 11 is 4.54. The molecule has 0 bridgehead atoms. The number of nitrogens with two attached hydrogens (primary N) is 1. The van der Waals surface area contributed by atoms with Crippen molar-refractivity contribution in [2.45, 2.75) is 6.54 Å². The number of rotatable bonds is 6. The number of benzene rings is 1. The van der Waals surface area contributed by atoms with Gasteiger partial charge in [0, 0.05) is 11.0 Å². The SMILES string of the molecule is NC(=O)NCc1ccc(C(=O)OCC(=O)c2sccc2Br)cc1. The van der Waals surface area contributed by atoms with Crippen LogP contribution in [-0.4, -0.2) is 24.4 Å². The highest BCUT2D eigenvalue weighted by Gasteiger charge is 2.15. The highest BCUT2D eigenvalue weighted by Crippen LogP contribution is 2.23. The van der Waals surface area contributed by atoms with Crippen LogP contribution in [0.25, 0.3) is 0 Å². The second-order valence-corrected chi connectivity index (χ2v) is 6.28. The Morgan fingerprint density at radius 3 is 2.43 bits per heavy atom. The molecule has 1 aromatic heterocycles. The van der Waals surface area contributed by atoms with Gasteiger partial charge in [-0.1, -0.05) is 12.1 Å². The number of carbonyl (C=O) groups excluding carboxylic acids is 3. The molecule has 1 aromatic carbocycles. The number of Topliss-reactive ketones (excluding diaryl/α,β-unsaturated/α-hetero) is 1. The molecular formula is C15H13BrN2O4S. The molecular weight excluding hydrogens is 384 g/mol. The van der Waals surface area contributed by atoms with Crippen LogP contribution >= 0.6 is 27.3 Å². The fourth-order valence-corrected chi connectivity index (χ4v) is 3.24. The van der Waals surface area contributed by atoms with Crippen LogP contribution in [-0.2, 0) is 11.3 Å². The first kappa shape index (κ1) is 17.2. The van der Waals surface area contributed by atoms with Crippen LogP contribution in [0.2, 0.25) is 0 Å². The van der Waals surface area contributed by atoms with Gasteiger partial charge < -0.3 is 15.8 Å². The van der Waals surface area contributed by atoms with Gasteiger partial charge in [0.05, 0.1) is 10.4 Å². The Bertz CT molecular complexity index is 727. The molecule has 1 heterocycles. The zero-order chi connectivity index (χ0) is 16.8. The number of ketones is 1. The first-order valence-electron chi connectivity index (χ1n) is 6.53. The maximum absolute atomic E-state index is 11.9.